The Balaban J connectivity index is 2.51. The largest absolute Gasteiger partial charge is 0.244 e. The smallest absolute Gasteiger partial charge is 0.0778 e. The summed E-state index contributed by atoms with van der Waals surface area (Å²) in [7, 11) is -2.12. The van der Waals surface area contributed by atoms with E-state index in [1.165, 1.54) is 0 Å². The van der Waals surface area contributed by atoms with Gasteiger partial charge in [0.1, 0.15) is 0 Å². The summed E-state index contributed by atoms with van der Waals surface area (Å²) in [4.78, 5) is 0.896. The number of rotatable bonds is 1. The van der Waals surface area contributed by atoms with E-state index in [0.29, 0.717) is 0 Å². The maximum atomic E-state index is 12.6. The van der Waals surface area contributed by atoms with E-state index in [1.54, 1.807) is 0 Å². The van der Waals surface area contributed by atoms with Crippen molar-refractivity contribution in [1.82, 2.24) is 0 Å². The molecule has 2 rings (SSSR count). The summed E-state index contributed by atoms with van der Waals surface area (Å²) < 4.78 is 16.9. The van der Waals surface area contributed by atoms with Crippen LogP contribution in [0.4, 0.5) is 0 Å². The van der Waals surface area contributed by atoms with Crippen molar-refractivity contribution in [3.8, 4) is 0 Å². The maximum Gasteiger partial charge on any atom is 0.0778 e. The second kappa shape index (κ2) is 3.73. The molecule has 0 amide bonds. The Bertz CT molecular complexity index is 418. The van der Waals surface area contributed by atoms with Gasteiger partial charge in [-0.05, 0) is 31.9 Å². The lowest BCUT2D eigenvalue weighted by atomic mass is 10.2. The van der Waals surface area contributed by atoms with E-state index >= 15 is 0 Å². The van der Waals surface area contributed by atoms with Gasteiger partial charge in [0, 0.05) is 16.7 Å². The van der Waals surface area contributed by atoms with Gasteiger partial charge in [-0.1, -0.05) is 18.2 Å². The van der Waals surface area contributed by atoms with Gasteiger partial charge in [-0.3, -0.25) is 0 Å². The average molecular weight is 209 g/mol. The molecule has 0 unspecified atom stereocenters. The summed E-state index contributed by atoms with van der Waals surface area (Å²) in [5, 5.41) is 0.193. The molecule has 0 fully saturated rings. The minimum Gasteiger partial charge on any atom is -0.244 e. The molecule has 0 radical (unpaired) electrons. The van der Waals surface area contributed by atoms with Gasteiger partial charge in [0.25, 0.3) is 0 Å². The van der Waals surface area contributed by atoms with Gasteiger partial charge in [0.2, 0.25) is 0 Å². The molecule has 0 bridgehead atoms. The highest BCUT2D eigenvalue weighted by Gasteiger charge is 2.23. The van der Waals surface area contributed by atoms with Gasteiger partial charge in [0.05, 0.1) is 9.73 Å². The highest BCUT2D eigenvalue weighted by molar-refractivity contribution is 7.94. The van der Waals surface area contributed by atoms with Crippen molar-refractivity contribution in [3.63, 3.8) is 0 Å². The highest BCUT2D eigenvalue weighted by atomic mass is 32.2. The molecule has 1 heterocycles. The lowest BCUT2D eigenvalue weighted by Gasteiger charge is -2.21. The summed E-state index contributed by atoms with van der Waals surface area (Å²) in [6.07, 6.45) is 2.10. The van der Waals surface area contributed by atoms with Gasteiger partial charge < -0.3 is 0 Å². The van der Waals surface area contributed by atoms with Crippen LogP contribution in [0.15, 0.2) is 39.6 Å². The Morgan fingerprint density at radius 2 is 2.07 bits per heavy atom. The Labute approximate surface area is 85.5 Å². The lowest BCUT2D eigenvalue weighted by molar-refractivity contribution is 0.629. The molecule has 2 nitrogen and oxygen atoms in total. The van der Waals surface area contributed by atoms with Crippen LogP contribution in [0.1, 0.15) is 19.8 Å². The van der Waals surface area contributed by atoms with E-state index in [4.69, 9.17) is 0 Å². The summed E-state index contributed by atoms with van der Waals surface area (Å²) in [6.45, 7) is 2.79. The maximum absolute atomic E-state index is 12.6. The Morgan fingerprint density at radius 1 is 1.36 bits per heavy atom. The fourth-order valence-electron chi connectivity index (χ4n) is 1.79. The van der Waals surface area contributed by atoms with Crippen LogP contribution in [-0.4, -0.2) is 16.0 Å². The lowest BCUT2D eigenvalue weighted by Crippen LogP contribution is -2.22. The predicted molar refractivity (Wildman–Crippen MR) is 58.8 cm³/mol. The van der Waals surface area contributed by atoms with Crippen LogP contribution in [0, 0.1) is 0 Å². The molecule has 76 valence electrons. The van der Waals surface area contributed by atoms with E-state index < -0.39 is 9.73 Å². The molecule has 0 saturated carbocycles. The zero-order valence-corrected chi connectivity index (χ0v) is 9.17. The van der Waals surface area contributed by atoms with Crippen LogP contribution >= 0.6 is 0 Å². The molecule has 2 atom stereocenters. The fraction of sp³-hybridized carbons (Fsp3) is 0.455. The van der Waals surface area contributed by atoms with Crippen molar-refractivity contribution < 1.29 is 4.21 Å². The first kappa shape index (κ1) is 9.71. The van der Waals surface area contributed by atoms with E-state index in [-0.39, 0.29) is 5.25 Å². The van der Waals surface area contributed by atoms with Crippen molar-refractivity contribution in [1.29, 1.82) is 0 Å². The molecule has 0 aromatic heterocycles. The molecule has 1 aromatic carbocycles. The molecule has 1 aromatic rings. The minimum absolute atomic E-state index is 0.193. The van der Waals surface area contributed by atoms with Crippen LogP contribution in [0.2, 0.25) is 0 Å². The third kappa shape index (κ3) is 1.57. The molecule has 0 N–H and O–H groups in total. The SMILES string of the molecule is C[C@@H]1CCCN=[S@]1(=O)c1ccccc1. The van der Waals surface area contributed by atoms with Gasteiger partial charge in [-0.15, -0.1) is 0 Å². The van der Waals surface area contributed by atoms with Crippen LogP contribution in [0.25, 0.3) is 0 Å². The van der Waals surface area contributed by atoms with Crippen LogP contribution < -0.4 is 0 Å². The summed E-state index contributed by atoms with van der Waals surface area (Å²) in [6, 6.07) is 9.65. The third-order valence-electron chi connectivity index (χ3n) is 2.68. The van der Waals surface area contributed by atoms with Gasteiger partial charge >= 0.3 is 0 Å². The molecule has 14 heavy (non-hydrogen) atoms. The molecule has 0 saturated heterocycles. The zero-order valence-electron chi connectivity index (χ0n) is 8.35. The zero-order chi connectivity index (χ0) is 10.0. The highest BCUT2D eigenvalue weighted by Crippen LogP contribution is 2.25. The first-order valence-electron chi connectivity index (χ1n) is 5.00. The number of hydrogen-bond acceptors (Lipinski definition) is 2. The van der Waals surface area contributed by atoms with E-state index in [1.807, 2.05) is 37.3 Å². The normalized spacial score (nSPS) is 32.2. The summed E-state index contributed by atoms with van der Waals surface area (Å²) in [5.41, 5.74) is 0. The molecular weight excluding hydrogens is 194 g/mol. The van der Waals surface area contributed by atoms with E-state index in [0.717, 1.165) is 24.3 Å². The number of nitrogens with zero attached hydrogens (tertiary/aromatic N) is 1. The van der Waals surface area contributed by atoms with Crippen LogP contribution in [-0.2, 0) is 9.73 Å². The molecular formula is C11H15NOS. The molecule has 0 spiro atoms. The van der Waals surface area contributed by atoms with Gasteiger partial charge in [-0.2, -0.15) is 0 Å². The molecule has 0 aliphatic carbocycles. The average Bonchev–Trinajstić information content (AvgIpc) is 2.24. The topological polar surface area (TPSA) is 29.4 Å². The summed E-state index contributed by atoms with van der Waals surface area (Å²) >= 11 is 0. The third-order valence-corrected chi connectivity index (χ3v) is 5.52. The van der Waals surface area contributed by atoms with Gasteiger partial charge in [-0.25, -0.2) is 8.57 Å². The van der Waals surface area contributed by atoms with E-state index in [9.17, 15) is 4.21 Å². The Hall–Kier alpha value is -0.830. The van der Waals surface area contributed by atoms with Crippen molar-refractivity contribution in [3.05, 3.63) is 30.3 Å². The first-order chi connectivity index (χ1) is 6.73. The second-order valence-electron chi connectivity index (χ2n) is 3.69. The monoisotopic (exact) mass is 209 g/mol. The van der Waals surface area contributed by atoms with Crippen LogP contribution in [0.3, 0.4) is 0 Å². The van der Waals surface area contributed by atoms with Crippen molar-refractivity contribution in [2.45, 2.75) is 29.9 Å². The standard InChI is InChI=1S/C11H15NOS/c1-10-6-5-9-12-14(10,13)11-7-3-2-4-8-11/h2-4,7-8,10H,5-6,9H2,1H3/t10-,14-/m1/s1. The van der Waals surface area contributed by atoms with Crippen molar-refractivity contribution in [2.24, 2.45) is 4.36 Å². The summed E-state index contributed by atoms with van der Waals surface area (Å²) in [5.74, 6) is 0. The van der Waals surface area contributed by atoms with Crippen molar-refractivity contribution in [2.75, 3.05) is 6.54 Å². The quantitative estimate of drug-likeness (QED) is 0.699. The fourth-order valence-corrected chi connectivity index (χ4v) is 4.09. The second-order valence-corrected chi connectivity index (χ2v) is 6.36. The van der Waals surface area contributed by atoms with Crippen molar-refractivity contribution >= 4 is 9.73 Å². The Kier molecular flexibility index (Phi) is 2.59. The Morgan fingerprint density at radius 3 is 2.71 bits per heavy atom. The predicted octanol–water partition coefficient (Wildman–Crippen LogP) is 2.70. The first-order valence-corrected chi connectivity index (χ1v) is 6.58. The molecule has 1 aliphatic rings. The van der Waals surface area contributed by atoms with Gasteiger partial charge in [0.15, 0.2) is 0 Å². The molecule has 1 aliphatic heterocycles. The molecule has 3 heteroatoms. The van der Waals surface area contributed by atoms with E-state index in [2.05, 4.69) is 4.36 Å². The number of benzene rings is 1. The minimum atomic E-state index is -2.12. The number of hydrogen-bond donors (Lipinski definition) is 0. The van der Waals surface area contributed by atoms with Crippen LogP contribution in [0.5, 0.6) is 0 Å².